The molecule has 1 aromatic rings. The molecule has 1 spiro atoms. The molecule has 0 heterocycles. The molecular formula is C18H25NO2. The second-order valence-electron chi connectivity index (χ2n) is 6.85. The maximum atomic E-state index is 12.6. The first-order valence-electron chi connectivity index (χ1n) is 8.08. The number of anilines is 1. The molecule has 1 aromatic carbocycles. The zero-order chi connectivity index (χ0) is 14.9. The van der Waals surface area contributed by atoms with Crippen molar-refractivity contribution in [3.63, 3.8) is 0 Å². The molecule has 2 aliphatic rings. The van der Waals surface area contributed by atoms with Crippen molar-refractivity contribution in [2.24, 2.45) is 17.3 Å². The molecule has 1 atom stereocenters. The van der Waals surface area contributed by atoms with E-state index in [1.165, 1.54) is 32.1 Å². The Kier molecular flexibility index (Phi) is 3.92. The average molecular weight is 287 g/mol. The second kappa shape index (κ2) is 5.70. The summed E-state index contributed by atoms with van der Waals surface area (Å²) in [6, 6.07) is 7.58. The number of carbonyl (C=O) groups is 1. The minimum absolute atomic E-state index is 0.209. The van der Waals surface area contributed by atoms with Crippen LogP contribution in [0, 0.1) is 17.3 Å². The Bertz CT molecular complexity index is 500. The first kappa shape index (κ1) is 14.4. The number of nitrogens with one attached hydrogen (secondary N) is 1. The molecule has 0 aromatic heterocycles. The van der Waals surface area contributed by atoms with Gasteiger partial charge < -0.3 is 10.1 Å². The number of benzene rings is 1. The molecular weight excluding hydrogens is 262 g/mol. The van der Waals surface area contributed by atoms with Gasteiger partial charge in [-0.2, -0.15) is 0 Å². The highest BCUT2D eigenvalue weighted by atomic mass is 16.5. The molecule has 0 saturated heterocycles. The van der Waals surface area contributed by atoms with Crippen molar-refractivity contribution in [3.05, 3.63) is 24.3 Å². The minimum atomic E-state index is 0.209. The van der Waals surface area contributed by atoms with E-state index in [2.05, 4.69) is 12.2 Å². The maximum absolute atomic E-state index is 12.6. The molecule has 2 aliphatic carbocycles. The number of ether oxygens (including phenoxy) is 1. The number of hydrogen-bond donors (Lipinski definition) is 1. The Balaban J connectivity index is 1.62. The van der Waals surface area contributed by atoms with Crippen molar-refractivity contribution in [3.8, 4) is 5.75 Å². The lowest BCUT2D eigenvalue weighted by Gasteiger charge is -2.52. The highest BCUT2D eigenvalue weighted by molar-refractivity contribution is 5.93. The van der Waals surface area contributed by atoms with E-state index >= 15 is 0 Å². The fraction of sp³-hybridized carbons (Fsp3) is 0.611. The van der Waals surface area contributed by atoms with Crippen molar-refractivity contribution in [1.29, 1.82) is 0 Å². The molecule has 0 radical (unpaired) electrons. The third kappa shape index (κ3) is 2.78. The molecule has 2 fully saturated rings. The van der Waals surface area contributed by atoms with Gasteiger partial charge in [0.2, 0.25) is 5.91 Å². The molecule has 3 rings (SSSR count). The standard InChI is InChI=1S/C18H25NO2/c1-13-7-10-18(11-8-13)12-9-16(18)17(20)19-14-3-5-15(21-2)6-4-14/h3-6,13,16H,7-12H2,1-2H3,(H,19,20). The number of amides is 1. The normalized spacial score (nSPS) is 31.5. The van der Waals surface area contributed by atoms with Crippen LogP contribution in [-0.4, -0.2) is 13.0 Å². The summed E-state index contributed by atoms with van der Waals surface area (Å²) in [4.78, 5) is 12.6. The highest BCUT2D eigenvalue weighted by Gasteiger charge is 2.51. The smallest absolute Gasteiger partial charge is 0.228 e. The zero-order valence-electron chi connectivity index (χ0n) is 13.0. The van der Waals surface area contributed by atoms with E-state index in [0.29, 0.717) is 5.41 Å². The van der Waals surface area contributed by atoms with Gasteiger partial charge in [0.15, 0.2) is 0 Å². The van der Waals surface area contributed by atoms with Crippen LogP contribution in [0.4, 0.5) is 5.69 Å². The van der Waals surface area contributed by atoms with Crippen molar-refractivity contribution in [1.82, 2.24) is 0 Å². The summed E-state index contributed by atoms with van der Waals surface area (Å²) in [5.41, 5.74) is 1.18. The summed E-state index contributed by atoms with van der Waals surface area (Å²) >= 11 is 0. The lowest BCUT2D eigenvalue weighted by atomic mass is 9.52. The minimum Gasteiger partial charge on any atom is -0.497 e. The molecule has 0 bridgehead atoms. The van der Waals surface area contributed by atoms with E-state index in [-0.39, 0.29) is 11.8 Å². The van der Waals surface area contributed by atoms with Crippen LogP contribution in [0.25, 0.3) is 0 Å². The molecule has 2 saturated carbocycles. The van der Waals surface area contributed by atoms with Gasteiger partial charge in [0, 0.05) is 11.6 Å². The first-order valence-corrected chi connectivity index (χ1v) is 8.08. The average Bonchev–Trinajstić information content (AvgIpc) is 2.48. The summed E-state index contributed by atoms with van der Waals surface area (Å²) in [5.74, 6) is 2.07. The van der Waals surface area contributed by atoms with Crippen molar-refractivity contribution >= 4 is 11.6 Å². The van der Waals surface area contributed by atoms with Gasteiger partial charge in [0.25, 0.3) is 0 Å². The van der Waals surface area contributed by atoms with E-state index in [0.717, 1.165) is 23.8 Å². The predicted octanol–water partition coefficient (Wildman–Crippen LogP) is 4.24. The molecule has 1 amide bonds. The SMILES string of the molecule is COc1ccc(NC(=O)C2CCC23CCC(C)CC3)cc1. The van der Waals surface area contributed by atoms with Crippen LogP contribution < -0.4 is 10.1 Å². The van der Waals surface area contributed by atoms with Gasteiger partial charge >= 0.3 is 0 Å². The Morgan fingerprint density at radius 2 is 1.76 bits per heavy atom. The number of rotatable bonds is 3. The molecule has 1 unspecified atom stereocenters. The summed E-state index contributed by atoms with van der Waals surface area (Å²) in [6.45, 7) is 2.33. The van der Waals surface area contributed by atoms with Gasteiger partial charge in [-0.3, -0.25) is 4.79 Å². The second-order valence-corrected chi connectivity index (χ2v) is 6.85. The number of carbonyl (C=O) groups excluding carboxylic acids is 1. The Morgan fingerprint density at radius 1 is 1.14 bits per heavy atom. The quantitative estimate of drug-likeness (QED) is 0.903. The van der Waals surface area contributed by atoms with E-state index in [1.807, 2.05) is 24.3 Å². The summed E-state index contributed by atoms with van der Waals surface area (Å²) in [7, 11) is 1.65. The van der Waals surface area contributed by atoms with Crippen LogP contribution in [-0.2, 0) is 4.79 Å². The van der Waals surface area contributed by atoms with Crippen LogP contribution >= 0.6 is 0 Å². The van der Waals surface area contributed by atoms with E-state index in [9.17, 15) is 4.79 Å². The fourth-order valence-electron chi connectivity index (χ4n) is 3.95. The molecule has 3 heteroatoms. The van der Waals surface area contributed by atoms with Gasteiger partial charge in [0.1, 0.15) is 5.75 Å². The Hall–Kier alpha value is -1.51. The van der Waals surface area contributed by atoms with E-state index in [4.69, 9.17) is 4.74 Å². The Morgan fingerprint density at radius 3 is 2.29 bits per heavy atom. The largest absolute Gasteiger partial charge is 0.497 e. The van der Waals surface area contributed by atoms with Crippen molar-refractivity contribution in [2.45, 2.75) is 45.4 Å². The van der Waals surface area contributed by atoms with E-state index in [1.54, 1.807) is 7.11 Å². The Labute approximate surface area is 127 Å². The third-order valence-corrected chi connectivity index (χ3v) is 5.61. The lowest BCUT2D eigenvalue weighted by molar-refractivity contribution is -0.134. The molecule has 21 heavy (non-hydrogen) atoms. The van der Waals surface area contributed by atoms with Crippen molar-refractivity contribution < 1.29 is 9.53 Å². The number of hydrogen-bond acceptors (Lipinski definition) is 2. The lowest BCUT2D eigenvalue weighted by Crippen LogP contribution is -2.48. The van der Waals surface area contributed by atoms with Crippen LogP contribution in [0.2, 0.25) is 0 Å². The van der Waals surface area contributed by atoms with Crippen LogP contribution in [0.15, 0.2) is 24.3 Å². The van der Waals surface area contributed by atoms with Gasteiger partial charge in [-0.25, -0.2) is 0 Å². The maximum Gasteiger partial charge on any atom is 0.228 e. The van der Waals surface area contributed by atoms with Crippen LogP contribution in [0.3, 0.4) is 0 Å². The topological polar surface area (TPSA) is 38.3 Å². The van der Waals surface area contributed by atoms with E-state index < -0.39 is 0 Å². The highest BCUT2D eigenvalue weighted by Crippen LogP contribution is 2.56. The molecule has 114 valence electrons. The van der Waals surface area contributed by atoms with Gasteiger partial charge in [-0.1, -0.05) is 19.8 Å². The molecule has 1 N–H and O–H groups in total. The summed E-state index contributed by atoms with van der Waals surface area (Å²) in [5, 5.41) is 3.08. The summed E-state index contributed by atoms with van der Waals surface area (Å²) < 4.78 is 5.14. The van der Waals surface area contributed by atoms with Crippen LogP contribution in [0.5, 0.6) is 5.75 Å². The summed E-state index contributed by atoms with van der Waals surface area (Å²) in [6.07, 6.45) is 7.32. The predicted molar refractivity (Wildman–Crippen MR) is 84.4 cm³/mol. The van der Waals surface area contributed by atoms with Gasteiger partial charge in [-0.15, -0.1) is 0 Å². The number of methoxy groups -OCH3 is 1. The first-order chi connectivity index (χ1) is 10.1. The zero-order valence-corrected chi connectivity index (χ0v) is 13.0. The molecule has 0 aliphatic heterocycles. The van der Waals surface area contributed by atoms with Crippen molar-refractivity contribution in [2.75, 3.05) is 12.4 Å². The monoisotopic (exact) mass is 287 g/mol. The third-order valence-electron chi connectivity index (χ3n) is 5.61. The van der Waals surface area contributed by atoms with Gasteiger partial charge in [-0.05, 0) is 61.3 Å². The molecule has 3 nitrogen and oxygen atoms in total. The fourth-order valence-corrected chi connectivity index (χ4v) is 3.95. The van der Waals surface area contributed by atoms with Crippen LogP contribution in [0.1, 0.15) is 45.4 Å². The van der Waals surface area contributed by atoms with Gasteiger partial charge in [0.05, 0.1) is 7.11 Å².